The van der Waals surface area contributed by atoms with E-state index in [1.54, 1.807) is 5.38 Å². The Morgan fingerprint density at radius 3 is 2.79 bits per heavy atom. The zero-order valence-electron chi connectivity index (χ0n) is 13.4. The summed E-state index contributed by atoms with van der Waals surface area (Å²) in [5, 5.41) is 5.60. The number of nitrogens with one attached hydrogen (secondary N) is 1. The molecule has 3 rings (SSSR count). The first-order chi connectivity index (χ1) is 11.7. The maximum Gasteiger partial charge on any atom is 0.275 e. The van der Waals surface area contributed by atoms with Crippen molar-refractivity contribution in [2.75, 3.05) is 0 Å². The maximum atomic E-state index is 12.5. The smallest absolute Gasteiger partial charge is 0.275 e. The fourth-order valence-electron chi connectivity index (χ4n) is 2.27. The average Bonchev–Trinajstić information content (AvgIpc) is 3.12. The predicted molar refractivity (Wildman–Crippen MR) is 99.8 cm³/mol. The standard InChI is InChI=1S/C20H18N2OS/c1-15-10-6-3-2-4-9-13-17(15)21-19(23)18-14-24-20(22-18)16-11-7-5-8-12-16/h2,4-14H,3H2,1H3,(H,21,23)/b4-2-,10-6-,13-9+,17-15+. The minimum absolute atomic E-state index is 0.191. The van der Waals surface area contributed by atoms with Crippen molar-refractivity contribution >= 4 is 17.2 Å². The van der Waals surface area contributed by atoms with Gasteiger partial charge in [0, 0.05) is 16.6 Å². The first-order valence-electron chi connectivity index (χ1n) is 7.77. The van der Waals surface area contributed by atoms with Crippen molar-refractivity contribution in [3.8, 4) is 10.6 Å². The Hall–Kier alpha value is -2.72. The summed E-state index contributed by atoms with van der Waals surface area (Å²) in [5.74, 6) is -0.191. The molecule has 1 aliphatic rings. The predicted octanol–water partition coefficient (Wildman–Crippen LogP) is 4.89. The van der Waals surface area contributed by atoms with Crippen LogP contribution < -0.4 is 5.32 Å². The van der Waals surface area contributed by atoms with Crippen LogP contribution >= 0.6 is 11.3 Å². The van der Waals surface area contributed by atoms with Gasteiger partial charge in [-0.3, -0.25) is 4.79 Å². The third kappa shape index (κ3) is 3.97. The van der Waals surface area contributed by atoms with Crippen molar-refractivity contribution in [1.29, 1.82) is 0 Å². The van der Waals surface area contributed by atoms with Gasteiger partial charge in [0.05, 0.1) is 0 Å². The summed E-state index contributed by atoms with van der Waals surface area (Å²) in [5.41, 5.74) is 3.26. The summed E-state index contributed by atoms with van der Waals surface area (Å²) in [6.07, 6.45) is 12.9. The summed E-state index contributed by atoms with van der Waals surface area (Å²) >= 11 is 1.47. The highest BCUT2D eigenvalue weighted by atomic mass is 32.1. The van der Waals surface area contributed by atoms with Crippen molar-refractivity contribution in [1.82, 2.24) is 10.3 Å². The van der Waals surface area contributed by atoms with Crippen molar-refractivity contribution in [3.63, 3.8) is 0 Å². The molecule has 0 saturated heterocycles. The molecule has 120 valence electrons. The van der Waals surface area contributed by atoms with Gasteiger partial charge in [-0.2, -0.15) is 0 Å². The summed E-state index contributed by atoms with van der Waals surface area (Å²) in [7, 11) is 0. The van der Waals surface area contributed by atoms with Crippen LogP contribution in [-0.4, -0.2) is 10.9 Å². The van der Waals surface area contributed by atoms with Crippen LogP contribution in [0, 0.1) is 0 Å². The fraction of sp³-hybridized carbons (Fsp3) is 0.100. The molecule has 1 aliphatic carbocycles. The van der Waals surface area contributed by atoms with Gasteiger partial charge in [0.1, 0.15) is 10.7 Å². The number of carbonyl (C=O) groups is 1. The highest BCUT2D eigenvalue weighted by molar-refractivity contribution is 7.13. The van der Waals surface area contributed by atoms with Gasteiger partial charge in [0.2, 0.25) is 0 Å². The van der Waals surface area contributed by atoms with Gasteiger partial charge in [-0.15, -0.1) is 11.3 Å². The lowest BCUT2D eigenvalue weighted by Crippen LogP contribution is -2.23. The van der Waals surface area contributed by atoms with E-state index in [1.165, 1.54) is 11.3 Å². The number of hydrogen-bond donors (Lipinski definition) is 1. The van der Waals surface area contributed by atoms with E-state index >= 15 is 0 Å². The van der Waals surface area contributed by atoms with Gasteiger partial charge in [0.15, 0.2) is 0 Å². The Bertz CT molecular complexity index is 842. The Kier molecular flexibility index (Phi) is 5.18. The summed E-state index contributed by atoms with van der Waals surface area (Å²) in [4.78, 5) is 17.0. The molecule has 3 nitrogen and oxygen atoms in total. The molecule has 1 N–H and O–H groups in total. The molecule has 0 fully saturated rings. The van der Waals surface area contributed by atoms with E-state index in [4.69, 9.17) is 0 Å². The van der Waals surface area contributed by atoms with Crippen molar-refractivity contribution in [2.24, 2.45) is 0 Å². The Morgan fingerprint density at radius 2 is 1.96 bits per heavy atom. The minimum atomic E-state index is -0.191. The lowest BCUT2D eigenvalue weighted by atomic mass is 10.2. The summed E-state index contributed by atoms with van der Waals surface area (Å²) in [6.45, 7) is 1.98. The number of carbonyl (C=O) groups excluding carboxylic acids is 1. The van der Waals surface area contributed by atoms with Crippen LogP contribution in [0.5, 0.6) is 0 Å². The molecule has 0 bridgehead atoms. The number of benzene rings is 1. The topological polar surface area (TPSA) is 42.0 Å². The number of hydrogen-bond acceptors (Lipinski definition) is 3. The van der Waals surface area contributed by atoms with Crippen LogP contribution in [0.15, 0.2) is 83.4 Å². The molecule has 0 unspecified atom stereocenters. The van der Waals surface area contributed by atoms with Crippen LogP contribution in [0.25, 0.3) is 10.6 Å². The zero-order valence-corrected chi connectivity index (χ0v) is 14.2. The molecule has 1 heterocycles. The monoisotopic (exact) mass is 334 g/mol. The Balaban J connectivity index is 1.80. The zero-order chi connectivity index (χ0) is 16.8. The Morgan fingerprint density at radius 1 is 1.12 bits per heavy atom. The molecule has 24 heavy (non-hydrogen) atoms. The molecule has 2 aromatic rings. The van der Waals surface area contributed by atoms with Crippen LogP contribution in [0.4, 0.5) is 0 Å². The lowest BCUT2D eigenvalue weighted by Gasteiger charge is -2.07. The molecule has 0 saturated carbocycles. The van der Waals surface area contributed by atoms with Crippen molar-refractivity contribution in [3.05, 3.63) is 89.1 Å². The van der Waals surface area contributed by atoms with Crippen LogP contribution in [0.2, 0.25) is 0 Å². The number of amides is 1. The van der Waals surface area contributed by atoms with Crippen LogP contribution in [0.3, 0.4) is 0 Å². The van der Waals surface area contributed by atoms with Crippen LogP contribution in [0.1, 0.15) is 23.8 Å². The highest BCUT2D eigenvalue weighted by Gasteiger charge is 2.13. The highest BCUT2D eigenvalue weighted by Crippen LogP contribution is 2.23. The van der Waals surface area contributed by atoms with E-state index in [-0.39, 0.29) is 5.91 Å². The fourth-order valence-corrected chi connectivity index (χ4v) is 3.08. The second kappa shape index (κ2) is 7.70. The van der Waals surface area contributed by atoms with E-state index < -0.39 is 0 Å². The van der Waals surface area contributed by atoms with Crippen LogP contribution in [-0.2, 0) is 0 Å². The molecule has 1 aromatic heterocycles. The minimum Gasteiger partial charge on any atom is -0.320 e. The molecule has 1 aromatic carbocycles. The number of nitrogens with zero attached hydrogens (tertiary/aromatic N) is 1. The van der Waals surface area contributed by atoms with Gasteiger partial charge in [-0.25, -0.2) is 4.98 Å². The summed E-state index contributed by atoms with van der Waals surface area (Å²) in [6, 6.07) is 9.88. The van der Waals surface area contributed by atoms with Gasteiger partial charge in [0.25, 0.3) is 5.91 Å². The number of rotatable bonds is 3. The molecular formula is C20H18N2OS. The molecule has 0 spiro atoms. The molecule has 4 heteroatoms. The van der Waals surface area contributed by atoms with Gasteiger partial charge < -0.3 is 5.32 Å². The SMILES string of the molecule is CC1=C(NC(=O)c2csc(-c3ccccc3)n2)/C=C/C=C\C/C=C\1. The first kappa shape index (κ1) is 16.1. The van der Waals surface area contributed by atoms with Gasteiger partial charge in [-0.05, 0) is 25.0 Å². The van der Waals surface area contributed by atoms with E-state index in [2.05, 4.69) is 22.5 Å². The number of thiazole rings is 1. The molecule has 0 atom stereocenters. The van der Waals surface area contributed by atoms with Crippen molar-refractivity contribution in [2.45, 2.75) is 13.3 Å². The quantitative estimate of drug-likeness (QED) is 0.868. The first-order valence-corrected chi connectivity index (χ1v) is 8.65. The maximum absolute atomic E-state index is 12.5. The molecule has 0 aliphatic heterocycles. The van der Waals surface area contributed by atoms with E-state index in [0.717, 1.165) is 28.3 Å². The largest absolute Gasteiger partial charge is 0.320 e. The van der Waals surface area contributed by atoms with Crippen molar-refractivity contribution < 1.29 is 4.79 Å². The average molecular weight is 334 g/mol. The van der Waals surface area contributed by atoms with Gasteiger partial charge in [-0.1, -0.05) is 60.7 Å². The second-order valence-electron chi connectivity index (χ2n) is 5.38. The lowest BCUT2D eigenvalue weighted by molar-refractivity contribution is 0.0962. The second-order valence-corrected chi connectivity index (χ2v) is 6.24. The van der Waals surface area contributed by atoms with E-state index in [1.807, 2.05) is 61.6 Å². The van der Waals surface area contributed by atoms with E-state index in [0.29, 0.717) is 5.69 Å². The Labute approximate surface area is 145 Å². The molecule has 0 radical (unpaired) electrons. The summed E-state index contributed by atoms with van der Waals surface area (Å²) < 4.78 is 0. The number of allylic oxidation sites excluding steroid dienone is 7. The van der Waals surface area contributed by atoms with E-state index in [9.17, 15) is 4.79 Å². The van der Waals surface area contributed by atoms with Gasteiger partial charge >= 0.3 is 0 Å². The third-order valence-electron chi connectivity index (χ3n) is 3.58. The number of aromatic nitrogens is 1. The third-order valence-corrected chi connectivity index (χ3v) is 4.47. The molecular weight excluding hydrogens is 316 g/mol. The normalized spacial score (nSPS) is 21.2. The molecule has 1 amide bonds.